The van der Waals surface area contributed by atoms with E-state index >= 15 is 0 Å². The fourth-order valence-corrected chi connectivity index (χ4v) is 4.07. The average Bonchev–Trinajstić information content (AvgIpc) is 3.13. The van der Waals surface area contributed by atoms with Crippen molar-refractivity contribution in [2.45, 2.75) is 6.92 Å². The first kappa shape index (κ1) is 24.1. The Balaban J connectivity index is 2.09. The Morgan fingerprint density at radius 3 is 2.21 bits per heavy atom. The zero-order valence-corrected chi connectivity index (χ0v) is 19.8. The van der Waals surface area contributed by atoms with E-state index in [9.17, 15) is 9.90 Å². The highest BCUT2D eigenvalue weighted by Gasteiger charge is 2.33. The van der Waals surface area contributed by atoms with E-state index < -0.39 is 5.97 Å². The fraction of sp³-hybridized carbons (Fsp3) is 0.250. The molecule has 2 aromatic carbocycles. The van der Waals surface area contributed by atoms with Gasteiger partial charge in [-0.3, -0.25) is 0 Å². The van der Waals surface area contributed by atoms with Gasteiger partial charge in [0.25, 0.3) is 0 Å². The van der Waals surface area contributed by atoms with Crippen LogP contribution in [-0.2, 0) is 9.53 Å². The van der Waals surface area contributed by atoms with Crippen LogP contribution >= 0.6 is 11.8 Å². The van der Waals surface area contributed by atoms with Crippen molar-refractivity contribution in [3.8, 4) is 23.0 Å². The van der Waals surface area contributed by atoms with Crippen molar-refractivity contribution in [1.29, 1.82) is 0 Å². The van der Waals surface area contributed by atoms with E-state index in [-0.39, 0.29) is 23.0 Å². The third-order valence-electron chi connectivity index (χ3n) is 4.65. The summed E-state index contributed by atoms with van der Waals surface area (Å²) in [4.78, 5) is 17.7. The van der Waals surface area contributed by atoms with E-state index in [0.717, 1.165) is 11.8 Å². The number of methoxy groups -OCH3 is 4. The molecule has 0 saturated carbocycles. The van der Waals surface area contributed by atoms with E-state index in [0.29, 0.717) is 39.2 Å². The van der Waals surface area contributed by atoms with Crippen molar-refractivity contribution < 1.29 is 33.6 Å². The molecule has 0 aromatic heterocycles. The summed E-state index contributed by atoms with van der Waals surface area (Å²) >= 11 is 1.14. The lowest BCUT2D eigenvalue weighted by Gasteiger charge is -2.08. The minimum Gasteiger partial charge on any atom is -0.506 e. The zero-order valence-electron chi connectivity index (χ0n) is 19.0. The zero-order chi connectivity index (χ0) is 24.0. The number of esters is 1. The summed E-state index contributed by atoms with van der Waals surface area (Å²) in [5.41, 5.74) is 1.17. The highest BCUT2D eigenvalue weighted by atomic mass is 32.2. The van der Waals surface area contributed by atoms with Crippen molar-refractivity contribution >= 4 is 34.5 Å². The van der Waals surface area contributed by atoms with Crippen LogP contribution in [0.25, 0.3) is 6.08 Å². The van der Waals surface area contributed by atoms with Crippen molar-refractivity contribution in [3.63, 3.8) is 0 Å². The molecule has 9 heteroatoms. The molecular weight excluding hydrogens is 446 g/mol. The standard InChI is InChI=1S/C24H25NO7S/c1-6-32-24(27)21-22(26)20(11-14-9-16(29-3)12-17(10-14)30-4)33-23(21)25-18-8-7-15(28-2)13-19(18)31-5/h7-13,26H,6H2,1-5H3. The molecule has 0 fully saturated rings. The topological polar surface area (TPSA) is 95.8 Å². The molecule has 3 rings (SSSR count). The molecule has 1 heterocycles. The Kier molecular flexibility index (Phi) is 7.89. The van der Waals surface area contributed by atoms with Crippen LogP contribution in [0.2, 0.25) is 0 Å². The van der Waals surface area contributed by atoms with Gasteiger partial charge in [-0.15, -0.1) is 0 Å². The fourth-order valence-electron chi connectivity index (χ4n) is 3.04. The summed E-state index contributed by atoms with van der Waals surface area (Å²) in [6.07, 6.45) is 1.72. The molecule has 2 aromatic rings. The lowest BCUT2D eigenvalue weighted by Crippen LogP contribution is -2.12. The van der Waals surface area contributed by atoms with Gasteiger partial charge in [-0.05, 0) is 42.8 Å². The van der Waals surface area contributed by atoms with Crippen LogP contribution in [-0.4, -0.2) is 51.2 Å². The molecule has 0 saturated heterocycles. The number of carbonyl (C=O) groups excluding carboxylic acids is 1. The highest BCUT2D eigenvalue weighted by molar-refractivity contribution is 8.18. The van der Waals surface area contributed by atoms with Gasteiger partial charge in [0.15, 0.2) is 0 Å². The maximum absolute atomic E-state index is 12.7. The number of nitrogens with zero attached hydrogens (tertiary/aromatic N) is 1. The average molecular weight is 472 g/mol. The van der Waals surface area contributed by atoms with Gasteiger partial charge < -0.3 is 28.8 Å². The molecule has 8 nitrogen and oxygen atoms in total. The highest BCUT2D eigenvalue weighted by Crippen LogP contribution is 2.42. The second-order valence-electron chi connectivity index (χ2n) is 6.66. The van der Waals surface area contributed by atoms with E-state index in [4.69, 9.17) is 23.7 Å². The number of ether oxygens (including phenoxy) is 5. The Morgan fingerprint density at radius 2 is 1.64 bits per heavy atom. The lowest BCUT2D eigenvalue weighted by atomic mass is 10.1. The van der Waals surface area contributed by atoms with Crippen LogP contribution < -0.4 is 18.9 Å². The van der Waals surface area contributed by atoms with Crippen LogP contribution in [0.15, 0.2) is 57.6 Å². The molecular formula is C24H25NO7S. The number of aliphatic hydroxyl groups excluding tert-OH is 1. The quantitative estimate of drug-likeness (QED) is 0.543. The Bertz CT molecular complexity index is 1120. The van der Waals surface area contributed by atoms with Gasteiger partial charge in [0.2, 0.25) is 0 Å². The van der Waals surface area contributed by atoms with Gasteiger partial charge in [0, 0.05) is 12.1 Å². The Labute approximate surface area is 196 Å². The van der Waals surface area contributed by atoms with Gasteiger partial charge in [0.05, 0.1) is 40.0 Å². The summed E-state index contributed by atoms with van der Waals surface area (Å²) in [5, 5.41) is 11.2. The Morgan fingerprint density at radius 1 is 0.970 bits per heavy atom. The first-order valence-corrected chi connectivity index (χ1v) is 10.8. The van der Waals surface area contributed by atoms with Crippen LogP contribution in [0, 0.1) is 0 Å². The molecule has 0 bridgehead atoms. The number of hydrogen-bond donors (Lipinski definition) is 1. The predicted molar refractivity (Wildman–Crippen MR) is 128 cm³/mol. The molecule has 0 atom stereocenters. The van der Waals surface area contributed by atoms with Crippen molar-refractivity contribution in [3.05, 3.63) is 58.2 Å². The summed E-state index contributed by atoms with van der Waals surface area (Å²) in [7, 11) is 6.18. The predicted octanol–water partition coefficient (Wildman–Crippen LogP) is 4.91. The van der Waals surface area contributed by atoms with Crippen LogP contribution in [0.3, 0.4) is 0 Å². The van der Waals surface area contributed by atoms with Crippen molar-refractivity contribution in [2.75, 3.05) is 35.0 Å². The number of rotatable bonds is 8. The molecule has 1 aliphatic heterocycles. The van der Waals surface area contributed by atoms with Crippen molar-refractivity contribution in [1.82, 2.24) is 0 Å². The molecule has 174 valence electrons. The third-order valence-corrected chi connectivity index (χ3v) is 5.67. The second-order valence-corrected chi connectivity index (χ2v) is 7.69. The number of hydrogen-bond acceptors (Lipinski definition) is 9. The van der Waals surface area contributed by atoms with Gasteiger partial charge in [-0.1, -0.05) is 11.8 Å². The number of carbonyl (C=O) groups is 1. The summed E-state index contributed by atoms with van der Waals surface area (Å²) in [6, 6.07) is 10.4. The molecule has 0 radical (unpaired) electrons. The smallest absolute Gasteiger partial charge is 0.344 e. The number of aliphatic imine (C=N–C) groups is 1. The molecule has 0 amide bonds. The first-order chi connectivity index (χ1) is 15.9. The van der Waals surface area contributed by atoms with Crippen LogP contribution in [0.5, 0.6) is 23.0 Å². The second kappa shape index (κ2) is 10.8. The van der Waals surface area contributed by atoms with Gasteiger partial charge in [0.1, 0.15) is 45.1 Å². The molecule has 0 spiro atoms. The van der Waals surface area contributed by atoms with E-state index in [1.54, 1.807) is 70.7 Å². The minimum atomic E-state index is -0.666. The number of thioether (sulfide) groups is 1. The monoisotopic (exact) mass is 471 g/mol. The van der Waals surface area contributed by atoms with E-state index in [2.05, 4.69) is 4.99 Å². The Hall–Kier alpha value is -3.59. The largest absolute Gasteiger partial charge is 0.506 e. The maximum Gasteiger partial charge on any atom is 0.344 e. The molecule has 0 unspecified atom stereocenters. The maximum atomic E-state index is 12.7. The van der Waals surface area contributed by atoms with Crippen LogP contribution in [0.4, 0.5) is 5.69 Å². The molecule has 33 heavy (non-hydrogen) atoms. The molecule has 0 aliphatic carbocycles. The minimum absolute atomic E-state index is 0.0131. The number of benzene rings is 2. The van der Waals surface area contributed by atoms with Crippen LogP contribution in [0.1, 0.15) is 12.5 Å². The summed E-state index contributed by atoms with van der Waals surface area (Å²) < 4.78 is 26.4. The normalized spacial score (nSPS) is 15.7. The van der Waals surface area contributed by atoms with Gasteiger partial charge in [-0.2, -0.15) is 0 Å². The molecule has 1 aliphatic rings. The first-order valence-electron chi connectivity index (χ1n) is 9.98. The van der Waals surface area contributed by atoms with Gasteiger partial charge in [-0.25, -0.2) is 9.79 Å². The third kappa shape index (κ3) is 5.43. The lowest BCUT2D eigenvalue weighted by molar-refractivity contribution is -0.138. The summed E-state index contributed by atoms with van der Waals surface area (Å²) in [5.74, 6) is 1.36. The summed E-state index contributed by atoms with van der Waals surface area (Å²) in [6.45, 7) is 1.85. The number of aliphatic hydroxyl groups is 1. The molecule has 1 N–H and O–H groups in total. The van der Waals surface area contributed by atoms with E-state index in [1.165, 1.54) is 7.11 Å². The van der Waals surface area contributed by atoms with Crippen molar-refractivity contribution in [2.24, 2.45) is 4.99 Å². The van der Waals surface area contributed by atoms with E-state index in [1.807, 2.05) is 0 Å². The van der Waals surface area contributed by atoms with Gasteiger partial charge >= 0.3 is 5.97 Å². The SMILES string of the molecule is CCOC(=O)C1=C(O)C(=Cc2cc(OC)cc(OC)c2)SC1=Nc1ccc(OC)cc1OC.